The zero-order valence-corrected chi connectivity index (χ0v) is 17.9. The molecule has 1 aromatic heterocycles. The molecule has 0 radical (unpaired) electrons. The number of thioether (sulfide) groups is 1. The van der Waals surface area contributed by atoms with Gasteiger partial charge in [0.15, 0.2) is 5.16 Å². The zero-order valence-electron chi connectivity index (χ0n) is 17.1. The number of nitrogens with zero attached hydrogens (tertiary/aromatic N) is 3. The summed E-state index contributed by atoms with van der Waals surface area (Å²) in [6, 6.07) is 16.4. The summed E-state index contributed by atoms with van der Waals surface area (Å²) >= 11 is 1.47. The third-order valence-corrected chi connectivity index (χ3v) is 6.24. The maximum absolute atomic E-state index is 12.8. The van der Waals surface area contributed by atoms with E-state index in [2.05, 4.69) is 38.3 Å². The van der Waals surface area contributed by atoms with Crippen molar-refractivity contribution in [1.29, 1.82) is 0 Å². The van der Waals surface area contributed by atoms with E-state index in [0.717, 1.165) is 28.8 Å². The smallest absolute Gasteiger partial charge is 0.237 e. The third kappa shape index (κ3) is 4.70. The first-order valence-electron chi connectivity index (χ1n) is 10.0. The van der Waals surface area contributed by atoms with Gasteiger partial charge in [-0.15, -0.1) is 10.2 Å². The van der Waals surface area contributed by atoms with Crippen molar-refractivity contribution in [3.63, 3.8) is 0 Å². The predicted octanol–water partition coefficient (Wildman–Crippen LogP) is 4.94. The molecule has 1 aliphatic rings. The Morgan fingerprint density at radius 3 is 2.62 bits per heavy atom. The van der Waals surface area contributed by atoms with Crippen molar-refractivity contribution in [3.05, 3.63) is 71.0 Å². The Morgan fingerprint density at radius 1 is 1.17 bits per heavy atom. The highest BCUT2D eigenvalue weighted by molar-refractivity contribution is 8.00. The van der Waals surface area contributed by atoms with Crippen LogP contribution in [-0.4, -0.2) is 25.9 Å². The lowest BCUT2D eigenvalue weighted by Crippen LogP contribution is -2.23. The number of hydrogen-bond acceptors (Lipinski definition) is 4. The molecule has 0 bridgehead atoms. The van der Waals surface area contributed by atoms with Crippen LogP contribution < -0.4 is 5.32 Å². The van der Waals surface area contributed by atoms with Gasteiger partial charge in [0, 0.05) is 11.6 Å². The first-order valence-corrected chi connectivity index (χ1v) is 10.9. The Labute approximate surface area is 175 Å². The van der Waals surface area contributed by atoms with E-state index in [1.165, 1.54) is 35.7 Å². The Morgan fingerprint density at radius 2 is 1.93 bits per heavy atom. The molecule has 1 saturated carbocycles. The summed E-state index contributed by atoms with van der Waals surface area (Å²) in [6.45, 7) is 6.71. The van der Waals surface area contributed by atoms with E-state index >= 15 is 0 Å². The fourth-order valence-electron chi connectivity index (χ4n) is 3.35. The van der Waals surface area contributed by atoms with Gasteiger partial charge in [0.2, 0.25) is 5.91 Å². The van der Waals surface area contributed by atoms with Crippen molar-refractivity contribution < 1.29 is 4.79 Å². The van der Waals surface area contributed by atoms with Crippen LogP contribution in [-0.2, 0) is 11.3 Å². The van der Waals surface area contributed by atoms with Crippen LogP contribution in [0.5, 0.6) is 0 Å². The molecule has 2 aromatic carbocycles. The molecule has 1 aliphatic carbocycles. The molecule has 29 heavy (non-hydrogen) atoms. The largest absolute Gasteiger partial charge is 0.325 e. The Kier molecular flexibility index (Phi) is 5.72. The van der Waals surface area contributed by atoms with Gasteiger partial charge in [0.05, 0.1) is 11.8 Å². The number of benzene rings is 2. The minimum absolute atomic E-state index is 0.0239. The molecule has 0 saturated heterocycles. The highest BCUT2D eigenvalue weighted by Gasteiger charge is 2.31. The second kappa shape index (κ2) is 8.41. The predicted molar refractivity (Wildman–Crippen MR) is 117 cm³/mol. The van der Waals surface area contributed by atoms with Crippen LogP contribution in [0.4, 0.5) is 5.69 Å². The average molecular weight is 407 g/mol. The van der Waals surface area contributed by atoms with Crippen LogP contribution in [0.3, 0.4) is 0 Å². The van der Waals surface area contributed by atoms with Gasteiger partial charge in [0.25, 0.3) is 0 Å². The highest BCUT2D eigenvalue weighted by atomic mass is 32.2. The Hall–Kier alpha value is -2.60. The summed E-state index contributed by atoms with van der Waals surface area (Å²) in [4.78, 5) is 12.8. The van der Waals surface area contributed by atoms with E-state index in [4.69, 9.17) is 0 Å². The number of aryl methyl sites for hydroxylation is 2. The minimum Gasteiger partial charge on any atom is -0.325 e. The maximum Gasteiger partial charge on any atom is 0.237 e. The molecule has 150 valence electrons. The lowest BCUT2D eigenvalue weighted by Gasteiger charge is -2.15. The lowest BCUT2D eigenvalue weighted by atomic mass is 10.1. The van der Waals surface area contributed by atoms with E-state index in [1.54, 1.807) is 0 Å². The second-order valence-corrected chi connectivity index (χ2v) is 9.06. The van der Waals surface area contributed by atoms with E-state index in [9.17, 15) is 4.79 Å². The lowest BCUT2D eigenvalue weighted by molar-refractivity contribution is -0.115. The molecule has 0 spiro atoms. The number of amides is 1. The van der Waals surface area contributed by atoms with Gasteiger partial charge in [-0.3, -0.25) is 4.79 Å². The fraction of sp³-hybridized carbons (Fsp3) is 0.348. The summed E-state index contributed by atoms with van der Waals surface area (Å²) in [6.07, 6.45) is 2.33. The second-order valence-electron chi connectivity index (χ2n) is 7.75. The first kappa shape index (κ1) is 19.7. The first-order chi connectivity index (χ1) is 14.0. The van der Waals surface area contributed by atoms with Crippen molar-refractivity contribution >= 4 is 23.4 Å². The maximum atomic E-state index is 12.8. The Balaban J connectivity index is 1.50. The quantitative estimate of drug-likeness (QED) is 0.565. The van der Waals surface area contributed by atoms with Crippen LogP contribution in [0, 0.1) is 13.8 Å². The van der Waals surface area contributed by atoms with Crippen LogP contribution in [0.25, 0.3) is 0 Å². The summed E-state index contributed by atoms with van der Waals surface area (Å²) in [7, 11) is 0. The monoisotopic (exact) mass is 406 g/mol. The summed E-state index contributed by atoms with van der Waals surface area (Å²) in [5.41, 5.74) is 4.32. The molecule has 0 aliphatic heterocycles. The molecule has 1 fully saturated rings. The third-order valence-electron chi connectivity index (χ3n) is 5.16. The summed E-state index contributed by atoms with van der Waals surface area (Å²) < 4.78 is 2.18. The van der Waals surface area contributed by atoms with Crippen LogP contribution in [0.15, 0.2) is 53.7 Å². The normalized spacial score (nSPS) is 14.6. The van der Waals surface area contributed by atoms with E-state index in [0.29, 0.717) is 5.92 Å². The van der Waals surface area contributed by atoms with Crippen molar-refractivity contribution in [3.8, 4) is 0 Å². The molecule has 3 aromatic rings. The van der Waals surface area contributed by atoms with E-state index in [1.807, 2.05) is 51.1 Å². The molecule has 6 heteroatoms. The van der Waals surface area contributed by atoms with E-state index < -0.39 is 0 Å². The molecule has 1 atom stereocenters. The van der Waals surface area contributed by atoms with E-state index in [-0.39, 0.29) is 11.2 Å². The molecule has 5 nitrogen and oxygen atoms in total. The molecule has 1 unspecified atom stereocenters. The molecular weight excluding hydrogens is 380 g/mol. The van der Waals surface area contributed by atoms with Gasteiger partial charge in [0.1, 0.15) is 5.82 Å². The van der Waals surface area contributed by atoms with Crippen LogP contribution in [0.1, 0.15) is 48.2 Å². The average Bonchev–Trinajstić information content (AvgIpc) is 3.48. The van der Waals surface area contributed by atoms with Crippen molar-refractivity contribution in [2.24, 2.45) is 0 Å². The van der Waals surface area contributed by atoms with Gasteiger partial charge in [-0.05, 0) is 50.8 Å². The zero-order chi connectivity index (χ0) is 20.4. The molecular formula is C23H26N4OS. The highest BCUT2D eigenvalue weighted by Crippen LogP contribution is 2.40. The summed E-state index contributed by atoms with van der Waals surface area (Å²) in [5, 5.41) is 12.5. The molecule has 1 amide bonds. The van der Waals surface area contributed by atoms with Gasteiger partial charge in [-0.2, -0.15) is 0 Å². The topological polar surface area (TPSA) is 59.8 Å². The number of anilines is 1. The molecule has 1 heterocycles. The Bertz CT molecular complexity index is 1010. The number of aromatic nitrogens is 3. The van der Waals surface area contributed by atoms with Gasteiger partial charge in [-0.1, -0.05) is 59.8 Å². The van der Waals surface area contributed by atoms with Gasteiger partial charge < -0.3 is 9.88 Å². The number of carbonyl (C=O) groups is 1. The molecule has 1 N–H and O–H groups in total. The van der Waals surface area contributed by atoms with Crippen molar-refractivity contribution in [2.75, 3.05) is 5.32 Å². The van der Waals surface area contributed by atoms with Gasteiger partial charge >= 0.3 is 0 Å². The number of carbonyl (C=O) groups excluding carboxylic acids is 1. The van der Waals surface area contributed by atoms with Crippen molar-refractivity contribution in [2.45, 2.75) is 56.5 Å². The number of rotatable bonds is 7. The molecule has 4 rings (SSSR count). The van der Waals surface area contributed by atoms with Crippen LogP contribution >= 0.6 is 11.8 Å². The number of nitrogens with one attached hydrogen (secondary N) is 1. The fourth-order valence-corrected chi connectivity index (χ4v) is 4.20. The van der Waals surface area contributed by atoms with Gasteiger partial charge in [-0.25, -0.2) is 0 Å². The standard InChI is InChI=1S/C23H26N4OS/c1-15-9-12-20(16(2)13-15)24-22(28)17(3)29-23-26-25-21(19-10-11-19)27(23)14-18-7-5-4-6-8-18/h4-9,12-13,17,19H,10-11,14H2,1-3H3,(H,24,28). The van der Waals surface area contributed by atoms with Crippen LogP contribution in [0.2, 0.25) is 0 Å². The van der Waals surface area contributed by atoms with Crippen molar-refractivity contribution in [1.82, 2.24) is 14.8 Å². The summed E-state index contributed by atoms with van der Waals surface area (Å²) in [5.74, 6) is 1.52. The minimum atomic E-state index is -0.276. The number of hydrogen-bond donors (Lipinski definition) is 1. The SMILES string of the molecule is Cc1ccc(NC(=O)C(C)Sc2nnc(C3CC3)n2Cc2ccccc2)c(C)c1.